The van der Waals surface area contributed by atoms with Crippen molar-refractivity contribution >= 4 is 34.2 Å². The van der Waals surface area contributed by atoms with E-state index in [4.69, 9.17) is 16.6 Å². The van der Waals surface area contributed by atoms with E-state index in [1.807, 2.05) is 24.5 Å². The van der Waals surface area contributed by atoms with E-state index in [0.717, 1.165) is 54.2 Å². The Morgan fingerprint density at radius 2 is 2.13 bits per heavy atom. The smallest absolute Gasteiger partial charge is 0.236 e. The van der Waals surface area contributed by atoms with E-state index in [0.29, 0.717) is 11.6 Å². The lowest BCUT2D eigenvalue weighted by Crippen LogP contribution is -2.41. The van der Waals surface area contributed by atoms with Crippen molar-refractivity contribution in [1.29, 1.82) is 0 Å². The molecule has 1 aromatic carbocycles. The van der Waals surface area contributed by atoms with Crippen molar-refractivity contribution < 1.29 is 4.79 Å². The number of anilines is 1. The van der Waals surface area contributed by atoms with Gasteiger partial charge in [0, 0.05) is 29.3 Å². The van der Waals surface area contributed by atoms with Crippen LogP contribution in [0.5, 0.6) is 0 Å². The highest BCUT2D eigenvalue weighted by molar-refractivity contribution is 6.31. The van der Waals surface area contributed by atoms with Gasteiger partial charge in [-0.3, -0.25) is 15.2 Å². The fourth-order valence-corrected chi connectivity index (χ4v) is 4.93. The third-order valence-electron chi connectivity index (χ3n) is 6.27. The molecule has 2 aromatic heterocycles. The van der Waals surface area contributed by atoms with Gasteiger partial charge >= 0.3 is 0 Å². The quantitative estimate of drug-likeness (QED) is 0.544. The number of aromatic nitrogens is 3. The Morgan fingerprint density at radius 3 is 2.90 bits per heavy atom. The van der Waals surface area contributed by atoms with Gasteiger partial charge in [0.15, 0.2) is 0 Å². The second kappa shape index (κ2) is 7.55. The van der Waals surface area contributed by atoms with Crippen LogP contribution in [0.1, 0.15) is 31.2 Å². The molecule has 2 aliphatic heterocycles. The number of rotatable bonds is 4. The Balaban J connectivity index is 1.57. The topological polar surface area (TPSA) is 87.1 Å². The molecule has 1 saturated heterocycles. The Bertz CT molecular complexity index is 1180. The number of hydrogen-bond donors (Lipinski definition) is 3. The van der Waals surface area contributed by atoms with Crippen LogP contribution in [0.15, 0.2) is 48.9 Å². The lowest BCUT2D eigenvalue weighted by atomic mass is 9.73. The van der Waals surface area contributed by atoms with Gasteiger partial charge in [-0.05, 0) is 55.8 Å². The molecule has 4 heterocycles. The number of carbonyl (C=O) groups is 1. The van der Waals surface area contributed by atoms with Gasteiger partial charge in [-0.1, -0.05) is 18.2 Å². The largest absolute Gasteiger partial charge is 0.336 e. The Labute approximate surface area is 185 Å². The summed E-state index contributed by atoms with van der Waals surface area (Å²) in [6.07, 6.45) is 5.75. The molecule has 0 radical (unpaired) electrons. The van der Waals surface area contributed by atoms with Gasteiger partial charge in [0.1, 0.15) is 5.82 Å². The number of hydrazine groups is 1. The zero-order valence-corrected chi connectivity index (χ0v) is 18.0. The first kappa shape index (κ1) is 19.8. The van der Waals surface area contributed by atoms with E-state index in [-0.39, 0.29) is 11.3 Å². The van der Waals surface area contributed by atoms with Gasteiger partial charge in [-0.2, -0.15) is 0 Å². The van der Waals surface area contributed by atoms with E-state index in [1.54, 1.807) is 10.7 Å². The number of imidazole rings is 1. The van der Waals surface area contributed by atoms with Crippen molar-refractivity contribution in [3.63, 3.8) is 0 Å². The van der Waals surface area contributed by atoms with Crippen molar-refractivity contribution in [3.05, 3.63) is 65.3 Å². The van der Waals surface area contributed by atoms with Crippen LogP contribution in [0, 0.1) is 0 Å². The molecule has 2 aliphatic rings. The molecular formula is C22H24ClN7O. The van der Waals surface area contributed by atoms with Gasteiger partial charge in [0.05, 0.1) is 29.5 Å². The summed E-state index contributed by atoms with van der Waals surface area (Å²) in [4.78, 5) is 22.9. The van der Waals surface area contributed by atoms with Crippen LogP contribution >= 0.6 is 11.6 Å². The van der Waals surface area contributed by atoms with Crippen molar-refractivity contribution in [1.82, 2.24) is 25.4 Å². The van der Waals surface area contributed by atoms with Crippen LogP contribution in [0.3, 0.4) is 0 Å². The summed E-state index contributed by atoms with van der Waals surface area (Å²) < 4.78 is 1.76. The number of nitrogens with one attached hydrogen (secondary N) is 3. The highest BCUT2D eigenvalue weighted by atomic mass is 35.5. The minimum Gasteiger partial charge on any atom is -0.336 e. The van der Waals surface area contributed by atoms with E-state index < -0.39 is 0 Å². The monoisotopic (exact) mass is 437 g/mol. The first-order valence-electron chi connectivity index (χ1n) is 10.3. The minimum absolute atomic E-state index is 0.0886. The molecule has 0 saturated carbocycles. The van der Waals surface area contributed by atoms with Gasteiger partial charge < -0.3 is 10.2 Å². The fraction of sp³-hybridized carbons (Fsp3) is 0.318. The highest BCUT2D eigenvalue weighted by Gasteiger charge is 2.47. The molecule has 3 aromatic rings. The number of piperidine rings is 1. The van der Waals surface area contributed by atoms with Gasteiger partial charge in [-0.15, -0.1) is 0 Å². The van der Waals surface area contributed by atoms with E-state index in [9.17, 15) is 4.79 Å². The molecule has 8 nitrogen and oxygen atoms in total. The summed E-state index contributed by atoms with van der Waals surface area (Å²) in [6.45, 7) is 8.35. The number of allylic oxidation sites excluding steroid dienone is 1. The molecular weight excluding hydrogens is 414 g/mol. The van der Waals surface area contributed by atoms with Crippen LogP contribution < -0.4 is 21.2 Å². The molecule has 1 amide bonds. The second-order valence-corrected chi connectivity index (χ2v) is 8.48. The molecule has 1 spiro atoms. The molecule has 0 bridgehead atoms. The predicted molar refractivity (Wildman–Crippen MR) is 121 cm³/mol. The van der Waals surface area contributed by atoms with Crippen LogP contribution in [0.4, 0.5) is 5.69 Å². The summed E-state index contributed by atoms with van der Waals surface area (Å²) in [5.41, 5.74) is 10.5. The maximum atomic E-state index is 11.5. The van der Waals surface area contributed by atoms with Crippen LogP contribution in [0.2, 0.25) is 5.02 Å². The first-order valence-corrected chi connectivity index (χ1v) is 10.7. The Morgan fingerprint density at radius 1 is 1.32 bits per heavy atom. The van der Waals surface area contributed by atoms with Crippen molar-refractivity contribution in [2.45, 2.75) is 31.7 Å². The van der Waals surface area contributed by atoms with Gasteiger partial charge in [-0.25, -0.2) is 15.2 Å². The number of hydrogen-bond acceptors (Lipinski definition) is 6. The molecule has 0 aliphatic carbocycles. The van der Waals surface area contributed by atoms with Crippen molar-refractivity contribution in [3.8, 4) is 0 Å². The summed E-state index contributed by atoms with van der Waals surface area (Å²) in [6, 6.07) is 7.62. The Hall–Kier alpha value is -3.10. The number of pyridine rings is 1. The van der Waals surface area contributed by atoms with E-state index in [1.165, 1.54) is 12.5 Å². The summed E-state index contributed by atoms with van der Waals surface area (Å²) in [7, 11) is 0. The molecule has 9 heteroatoms. The molecule has 1 fully saturated rings. The Kier molecular flexibility index (Phi) is 4.83. The molecule has 31 heavy (non-hydrogen) atoms. The summed E-state index contributed by atoms with van der Waals surface area (Å²) in [5, 5.41) is 4.05. The second-order valence-electron chi connectivity index (χ2n) is 8.05. The van der Waals surface area contributed by atoms with E-state index in [2.05, 4.69) is 38.8 Å². The number of halogens is 1. The predicted octanol–water partition coefficient (Wildman–Crippen LogP) is 2.83. The number of fused-ring (bicyclic) bond motifs is 3. The molecule has 0 unspecified atom stereocenters. The third-order valence-corrected chi connectivity index (χ3v) is 6.51. The minimum atomic E-state index is -0.205. The maximum Gasteiger partial charge on any atom is 0.236 e. The highest BCUT2D eigenvalue weighted by Crippen LogP contribution is 2.52. The van der Waals surface area contributed by atoms with Crippen molar-refractivity contribution in [2.24, 2.45) is 0 Å². The van der Waals surface area contributed by atoms with Gasteiger partial charge in [0.25, 0.3) is 0 Å². The molecule has 160 valence electrons. The molecule has 0 atom stereocenters. The molecule has 5 rings (SSSR count). The van der Waals surface area contributed by atoms with Crippen molar-refractivity contribution in [2.75, 3.05) is 23.5 Å². The third kappa shape index (κ3) is 3.23. The zero-order chi connectivity index (χ0) is 21.6. The lowest BCUT2D eigenvalue weighted by molar-refractivity contribution is -0.118. The number of carbonyl (C=O) groups excluding carboxylic acids is 1. The maximum absolute atomic E-state index is 11.5. The number of amides is 1. The molecule has 3 N–H and O–H groups in total. The SMILES string of the molecule is C=C1N(Cc2nc3ccc(Cl)cc3n2NNC(C)=O)c2cnccc2C12CCNCC2. The lowest BCUT2D eigenvalue weighted by Gasteiger charge is -2.36. The summed E-state index contributed by atoms with van der Waals surface area (Å²) in [5.74, 6) is 0.525. The fourth-order valence-electron chi connectivity index (χ4n) is 4.76. The standard InChI is InChI=1S/C22H24ClN7O/c1-14-22(6-9-24-10-7-22)17-5-8-25-12-20(17)29(14)13-21-26-18-4-3-16(23)11-19(18)30(21)28-27-15(2)31/h3-5,8,11-12,24,28H,1,6-7,9-10,13H2,2H3,(H,27,31). The van der Waals surface area contributed by atoms with Crippen LogP contribution in [-0.4, -0.2) is 33.6 Å². The van der Waals surface area contributed by atoms with Crippen LogP contribution in [-0.2, 0) is 16.8 Å². The number of benzene rings is 1. The average Bonchev–Trinajstić information content (AvgIpc) is 3.21. The van der Waals surface area contributed by atoms with E-state index >= 15 is 0 Å². The zero-order valence-electron chi connectivity index (χ0n) is 17.3. The normalized spacial score (nSPS) is 17.2. The summed E-state index contributed by atoms with van der Waals surface area (Å²) >= 11 is 6.23. The first-order chi connectivity index (χ1) is 15.0. The number of nitrogens with zero attached hydrogens (tertiary/aromatic N) is 4. The average molecular weight is 438 g/mol. The van der Waals surface area contributed by atoms with Gasteiger partial charge in [0.2, 0.25) is 5.91 Å². The van der Waals surface area contributed by atoms with Crippen LogP contribution in [0.25, 0.3) is 11.0 Å².